The number of benzene rings is 4. The minimum Gasteiger partial charge on any atom is -0.490 e. The zero-order valence-electron chi connectivity index (χ0n) is 25.4. The Morgan fingerprint density at radius 2 is 1.70 bits per heavy atom. The average molecular weight is 584 g/mol. The van der Waals surface area contributed by atoms with Gasteiger partial charge in [-0.2, -0.15) is 5.10 Å². The summed E-state index contributed by atoms with van der Waals surface area (Å²) in [5.41, 5.74) is 11.5. The third-order valence-corrected chi connectivity index (χ3v) is 7.20. The van der Waals surface area contributed by atoms with Crippen LogP contribution in [0.3, 0.4) is 0 Å². The summed E-state index contributed by atoms with van der Waals surface area (Å²) in [5, 5.41) is 4.24. The smallest absolute Gasteiger partial charge is 0.271 e. The molecule has 0 fully saturated rings. The summed E-state index contributed by atoms with van der Waals surface area (Å²) in [4.78, 5) is 12.9. The highest BCUT2D eigenvalue weighted by Crippen LogP contribution is 2.34. The Bertz CT molecular complexity index is 1770. The number of aromatic nitrogens is 1. The summed E-state index contributed by atoms with van der Waals surface area (Å²) in [7, 11) is 0. The maximum Gasteiger partial charge on any atom is 0.271 e. The van der Waals surface area contributed by atoms with Crippen LogP contribution in [0.15, 0.2) is 121 Å². The molecule has 0 spiro atoms. The molecule has 1 amide bonds. The number of ether oxygens (including phenoxy) is 2. The summed E-state index contributed by atoms with van der Waals surface area (Å²) in [6.07, 6.45) is 4.03. The van der Waals surface area contributed by atoms with Crippen LogP contribution >= 0.6 is 0 Å². The first kappa shape index (κ1) is 30.1. The van der Waals surface area contributed by atoms with Crippen molar-refractivity contribution in [2.45, 2.75) is 33.8 Å². The van der Waals surface area contributed by atoms with E-state index in [-0.39, 0.29) is 5.91 Å². The van der Waals surface area contributed by atoms with E-state index in [1.807, 2.05) is 79.7 Å². The lowest BCUT2D eigenvalue weighted by atomic mass is 10.1. The second-order valence-electron chi connectivity index (χ2n) is 10.5. The van der Waals surface area contributed by atoms with Gasteiger partial charge in [0.1, 0.15) is 6.61 Å². The zero-order chi connectivity index (χ0) is 30.9. The van der Waals surface area contributed by atoms with Crippen LogP contribution in [0.25, 0.3) is 16.9 Å². The largest absolute Gasteiger partial charge is 0.490 e. The molecule has 4 aromatic carbocycles. The molecular weight excluding hydrogens is 546 g/mol. The normalized spacial score (nSPS) is 11.0. The van der Waals surface area contributed by atoms with E-state index in [1.165, 1.54) is 5.56 Å². The van der Waals surface area contributed by atoms with Gasteiger partial charge in [0.2, 0.25) is 0 Å². The molecule has 222 valence electrons. The first-order chi connectivity index (χ1) is 21.5. The molecule has 5 rings (SSSR count). The van der Waals surface area contributed by atoms with Crippen LogP contribution in [-0.2, 0) is 13.0 Å². The van der Waals surface area contributed by atoms with Crippen molar-refractivity contribution >= 4 is 12.1 Å². The molecule has 0 aliphatic carbocycles. The van der Waals surface area contributed by atoms with E-state index in [9.17, 15) is 4.79 Å². The molecule has 6 heteroatoms. The highest BCUT2D eigenvalue weighted by molar-refractivity contribution is 5.95. The number of amides is 1. The summed E-state index contributed by atoms with van der Waals surface area (Å²) in [6.45, 7) is 10.9. The molecule has 44 heavy (non-hydrogen) atoms. The first-order valence-electron chi connectivity index (χ1n) is 14.7. The third-order valence-electron chi connectivity index (χ3n) is 7.20. The number of carbonyl (C=O) groups is 1. The van der Waals surface area contributed by atoms with E-state index in [0.717, 1.165) is 39.3 Å². The van der Waals surface area contributed by atoms with E-state index < -0.39 is 0 Å². The van der Waals surface area contributed by atoms with Crippen molar-refractivity contribution in [3.63, 3.8) is 0 Å². The maximum absolute atomic E-state index is 12.9. The number of hydrogen-bond donors (Lipinski definition) is 1. The standard InChI is InChI=1S/C38H37N3O3/c1-5-11-33-23-30(24-36(43-6-2)37(33)44-26-29-13-10-12-27(3)22-29)25-39-40-38(42)32-17-19-34(20-18-32)41-28(4)16-21-35(41)31-14-8-7-9-15-31/h5,7-10,12-25H,1,6,11,26H2,2-4H3,(H,40,42)/b39-25+. The van der Waals surface area contributed by atoms with E-state index in [0.29, 0.717) is 36.7 Å². The van der Waals surface area contributed by atoms with E-state index in [4.69, 9.17) is 9.47 Å². The summed E-state index contributed by atoms with van der Waals surface area (Å²) in [5.74, 6) is 1.01. The summed E-state index contributed by atoms with van der Waals surface area (Å²) in [6, 6.07) is 34.1. The Morgan fingerprint density at radius 1 is 0.909 bits per heavy atom. The molecule has 0 atom stereocenters. The molecule has 0 radical (unpaired) electrons. The van der Waals surface area contributed by atoms with Gasteiger partial charge in [0.25, 0.3) is 5.91 Å². The number of rotatable bonds is 12. The van der Waals surface area contributed by atoms with Gasteiger partial charge in [0.05, 0.1) is 18.5 Å². The van der Waals surface area contributed by atoms with Gasteiger partial charge in [-0.25, -0.2) is 5.43 Å². The van der Waals surface area contributed by atoms with Crippen LogP contribution in [0.2, 0.25) is 0 Å². The molecule has 1 N–H and O–H groups in total. The summed E-state index contributed by atoms with van der Waals surface area (Å²) >= 11 is 0. The van der Waals surface area contributed by atoms with Gasteiger partial charge in [0, 0.05) is 22.5 Å². The lowest BCUT2D eigenvalue weighted by Crippen LogP contribution is -2.17. The molecule has 0 aliphatic rings. The Balaban J connectivity index is 1.30. The topological polar surface area (TPSA) is 64.9 Å². The fourth-order valence-corrected chi connectivity index (χ4v) is 5.16. The molecule has 0 aliphatic heterocycles. The number of nitrogens with one attached hydrogen (secondary N) is 1. The number of nitrogens with zero attached hydrogens (tertiary/aromatic N) is 2. The molecule has 0 unspecified atom stereocenters. The van der Waals surface area contributed by atoms with Crippen LogP contribution in [0.5, 0.6) is 11.5 Å². The average Bonchev–Trinajstić information content (AvgIpc) is 3.42. The lowest BCUT2D eigenvalue weighted by Gasteiger charge is -2.17. The van der Waals surface area contributed by atoms with Crippen molar-refractivity contribution in [3.05, 3.63) is 149 Å². The molecular formula is C38H37N3O3. The Hall–Kier alpha value is -5.36. The van der Waals surface area contributed by atoms with Crippen LogP contribution in [0, 0.1) is 13.8 Å². The fourth-order valence-electron chi connectivity index (χ4n) is 5.16. The van der Waals surface area contributed by atoms with Crippen LogP contribution < -0.4 is 14.9 Å². The van der Waals surface area contributed by atoms with Crippen molar-refractivity contribution in [2.75, 3.05) is 6.61 Å². The molecule has 0 saturated heterocycles. The number of aryl methyl sites for hydroxylation is 2. The quantitative estimate of drug-likeness (QED) is 0.0914. The predicted molar refractivity (Wildman–Crippen MR) is 178 cm³/mol. The minimum atomic E-state index is -0.297. The zero-order valence-corrected chi connectivity index (χ0v) is 25.4. The van der Waals surface area contributed by atoms with E-state index in [1.54, 1.807) is 6.21 Å². The van der Waals surface area contributed by atoms with Crippen LogP contribution in [0.1, 0.15) is 45.2 Å². The maximum atomic E-state index is 12.9. The second-order valence-corrected chi connectivity index (χ2v) is 10.5. The molecule has 6 nitrogen and oxygen atoms in total. The fraction of sp³-hybridized carbons (Fsp3) is 0.158. The van der Waals surface area contributed by atoms with Gasteiger partial charge in [-0.3, -0.25) is 4.79 Å². The van der Waals surface area contributed by atoms with Gasteiger partial charge in [-0.15, -0.1) is 6.58 Å². The van der Waals surface area contributed by atoms with Gasteiger partial charge in [-0.05, 0) is 92.4 Å². The van der Waals surface area contributed by atoms with E-state index in [2.05, 4.69) is 71.9 Å². The van der Waals surface area contributed by atoms with Crippen molar-refractivity contribution in [1.29, 1.82) is 0 Å². The van der Waals surface area contributed by atoms with Crippen molar-refractivity contribution < 1.29 is 14.3 Å². The van der Waals surface area contributed by atoms with Crippen molar-refractivity contribution in [2.24, 2.45) is 5.10 Å². The number of hydrazone groups is 1. The van der Waals surface area contributed by atoms with E-state index >= 15 is 0 Å². The van der Waals surface area contributed by atoms with Crippen LogP contribution in [0.4, 0.5) is 0 Å². The predicted octanol–water partition coefficient (Wildman–Crippen LogP) is 8.23. The molecule has 0 bridgehead atoms. The highest BCUT2D eigenvalue weighted by Gasteiger charge is 2.14. The Kier molecular flexibility index (Phi) is 9.72. The lowest BCUT2D eigenvalue weighted by molar-refractivity contribution is 0.0955. The molecule has 1 aromatic heterocycles. The van der Waals surface area contributed by atoms with Crippen molar-refractivity contribution in [3.8, 4) is 28.4 Å². The third kappa shape index (κ3) is 7.16. The van der Waals surface area contributed by atoms with Gasteiger partial charge in [0.15, 0.2) is 11.5 Å². The Morgan fingerprint density at radius 3 is 2.43 bits per heavy atom. The van der Waals surface area contributed by atoms with Gasteiger partial charge < -0.3 is 14.0 Å². The SMILES string of the molecule is C=CCc1cc(/C=N/NC(=O)c2ccc(-n3c(C)ccc3-c3ccccc3)cc2)cc(OCC)c1OCc1cccc(C)c1. The minimum absolute atomic E-state index is 0.297. The van der Waals surface area contributed by atoms with Crippen molar-refractivity contribution in [1.82, 2.24) is 9.99 Å². The molecule has 0 saturated carbocycles. The van der Waals surface area contributed by atoms with Crippen LogP contribution in [-0.4, -0.2) is 23.3 Å². The monoisotopic (exact) mass is 583 g/mol. The molecule has 5 aromatic rings. The molecule has 1 heterocycles. The number of allylic oxidation sites excluding steroid dienone is 1. The highest BCUT2D eigenvalue weighted by atomic mass is 16.5. The Labute approximate surface area is 259 Å². The number of hydrogen-bond acceptors (Lipinski definition) is 4. The number of carbonyl (C=O) groups excluding carboxylic acids is 1. The van der Waals surface area contributed by atoms with Gasteiger partial charge >= 0.3 is 0 Å². The second kappa shape index (κ2) is 14.2. The first-order valence-corrected chi connectivity index (χ1v) is 14.7. The summed E-state index contributed by atoms with van der Waals surface area (Å²) < 4.78 is 14.4. The van der Waals surface area contributed by atoms with Gasteiger partial charge in [-0.1, -0.05) is 66.2 Å².